The van der Waals surface area contributed by atoms with Crippen LogP contribution < -0.4 is 20.5 Å². The highest BCUT2D eigenvalue weighted by molar-refractivity contribution is 5.91. The minimum Gasteiger partial charge on any atom is -0.492 e. The van der Waals surface area contributed by atoms with Gasteiger partial charge in [-0.3, -0.25) is 9.59 Å². The van der Waals surface area contributed by atoms with E-state index in [-0.39, 0.29) is 30.3 Å². The summed E-state index contributed by atoms with van der Waals surface area (Å²) in [4.78, 5) is 27.0. The van der Waals surface area contributed by atoms with E-state index >= 15 is 0 Å². The minimum absolute atomic E-state index is 0.202. The second-order valence-electron chi connectivity index (χ2n) is 7.48. The molecule has 0 aliphatic carbocycles. The summed E-state index contributed by atoms with van der Waals surface area (Å²) in [5.74, 6) is 0.404. The number of nitrogens with zero attached hydrogens (tertiary/aromatic N) is 3. The molecule has 1 saturated heterocycles. The van der Waals surface area contributed by atoms with Gasteiger partial charge in [-0.25, -0.2) is 4.68 Å². The van der Waals surface area contributed by atoms with Crippen LogP contribution in [0.25, 0.3) is 0 Å². The zero-order valence-electron chi connectivity index (χ0n) is 17.4. The Balaban J connectivity index is 1.31. The molecule has 1 amide bonds. The lowest BCUT2D eigenvalue weighted by Gasteiger charge is -2.17. The van der Waals surface area contributed by atoms with Gasteiger partial charge in [-0.2, -0.15) is 5.10 Å². The number of rotatable bonds is 8. The Kier molecular flexibility index (Phi) is 6.62. The summed E-state index contributed by atoms with van der Waals surface area (Å²) < 4.78 is 6.87. The first-order valence-electron chi connectivity index (χ1n) is 10.6. The van der Waals surface area contributed by atoms with E-state index in [2.05, 4.69) is 27.4 Å². The van der Waals surface area contributed by atoms with Gasteiger partial charge in [0.1, 0.15) is 18.1 Å². The number of nitrogens with one attached hydrogen (secondary N) is 1. The van der Waals surface area contributed by atoms with Crippen LogP contribution in [0.15, 0.2) is 71.5 Å². The molecule has 0 unspecified atom stereocenters. The Morgan fingerprint density at radius 1 is 0.968 bits per heavy atom. The van der Waals surface area contributed by atoms with Crippen LogP contribution in [-0.2, 0) is 13.1 Å². The average Bonchev–Trinajstić information content (AvgIpc) is 3.35. The van der Waals surface area contributed by atoms with Gasteiger partial charge in [0.05, 0.1) is 6.54 Å². The van der Waals surface area contributed by atoms with Gasteiger partial charge in [0.2, 0.25) is 0 Å². The maximum absolute atomic E-state index is 12.5. The second kappa shape index (κ2) is 9.93. The van der Waals surface area contributed by atoms with Crippen LogP contribution in [0.5, 0.6) is 5.75 Å². The lowest BCUT2D eigenvalue weighted by atomic mass is 10.2. The van der Waals surface area contributed by atoms with Gasteiger partial charge in [-0.05, 0) is 48.7 Å². The van der Waals surface area contributed by atoms with Crippen LogP contribution in [-0.4, -0.2) is 35.4 Å². The molecule has 7 nitrogen and oxygen atoms in total. The van der Waals surface area contributed by atoms with E-state index in [0.29, 0.717) is 6.54 Å². The third-order valence-corrected chi connectivity index (χ3v) is 5.27. The molecule has 0 spiro atoms. The highest BCUT2D eigenvalue weighted by Crippen LogP contribution is 2.20. The van der Waals surface area contributed by atoms with E-state index in [4.69, 9.17) is 4.74 Å². The number of hydrogen-bond acceptors (Lipinski definition) is 5. The number of ether oxygens (including phenoxy) is 1. The fourth-order valence-corrected chi connectivity index (χ4v) is 3.57. The summed E-state index contributed by atoms with van der Waals surface area (Å²) in [6.07, 6.45) is 2.48. The molecule has 4 rings (SSSR count). The molecular weight excluding hydrogens is 392 g/mol. The number of carbonyl (C=O) groups is 1. The predicted molar refractivity (Wildman–Crippen MR) is 119 cm³/mol. The zero-order valence-corrected chi connectivity index (χ0v) is 17.4. The first kappa shape index (κ1) is 20.7. The Bertz CT molecular complexity index is 1060. The van der Waals surface area contributed by atoms with Gasteiger partial charge in [-0.1, -0.05) is 30.3 Å². The monoisotopic (exact) mass is 418 g/mol. The summed E-state index contributed by atoms with van der Waals surface area (Å²) in [5.41, 5.74) is 2.17. The van der Waals surface area contributed by atoms with Crippen molar-refractivity contribution in [1.82, 2.24) is 15.1 Å². The van der Waals surface area contributed by atoms with Crippen molar-refractivity contribution in [2.75, 3.05) is 24.6 Å². The van der Waals surface area contributed by atoms with Gasteiger partial charge in [0.15, 0.2) is 0 Å². The highest BCUT2D eigenvalue weighted by atomic mass is 16.5. The molecule has 2 aromatic carbocycles. The van der Waals surface area contributed by atoms with Gasteiger partial charge in [0, 0.05) is 31.4 Å². The van der Waals surface area contributed by atoms with Crippen molar-refractivity contribution in [3.8, 4) is 5.75 Å². The molecule has 0 atom stereocenters. The van der Waals surface area contributed by atoms with Gasteiger partial charge < -0.3 is 15.0 Å². The maximum atomic E-state index is 12.5. The lowest BCUT2D eigenvalue weighted by Crippen LogP contribution is -2.30. The summed E-state index contributed by atoms with van der Waals surface area (Å²) in [5, 5.41) is 7.06. The molecule has 1 fully saturated rings. The molecule has 0 saturated carbocycles. The molecule has 0 bridgehead atoms. The number of carbonyl (C=O) groups excluding carboxylic acids is 1. The van der Waals surface area contributed by atoms with E-state index in [1.54, 1.807) is 0 Å². The third-order valence-electron chi connectivity index (χ3n) is 5.27. The normalized spacial score (nSPS) is 13.2. The van der Waals surface area contributed by atoms with Gasteiger partial charge in [0.25, 0.3) is 11.5 Å². The van der Waals surface area contributed by atoms with Gasteiger partial charge in [-0.15, -0.1) is 0 Å². The number of hydrogen-bond donors (Lipinski definition) is 1. The van der Waals surface area contributed by atoms with Crippen LogP contribution in [0.1, 0.15) is 28.9 Å². The molecule has 3 aromatic rings. The molecule has 0 radical (unpaired) electrons. The maximum Gasteiger partial charge on any atom is 0.271 e. The van der Waals surface area contributed by atoms with Crippen molar-refractivity contribution < 1.29 is 9.53 Å². The first-order valence-corrected chi connectivity index (χ1v) is 10.6. The largest absolute Gasteiger partial charge is 0.492 e. The number of benzene rings is 2. The fraction of sp³-hybridized carbons (Fsp3) is 0.292. The van der Waals surface area contributed by atoms with Crippen molar-refractivity contribution in [2.45, 2.75) is 25.9 Å². The fourth-order valence-electron chi connectivity index (χ4n) is 3.57. The van der Waals surface area contributed by atoms with Crippen molar-refractivity contribution in [3.05, 3.63) is 88.3 Å². The Labute approximate surface area is 181 Å². The number of para-hydroxylation sites is 1. The summed E-state index contributed by atoms with van der Waals surface area (Å²) in [6.45, 7) is 3.15. The van der Waals surface area contributed by atoms with Crippen molar-refractivity contribution >= 4 is 11.6 Å². The van der Waals surface area contributed by atoms with E-state index < -0.39 is 0 Å². The van der Waals surface area contributed by atoms with Crippen molar-refractivity contribution in [1.29, 1.82) is 0 Å². The molecule has 1 aromatic heterocycles. The highest BCUT2D eigenvalue weighted by Gasteiger charge is 2.13. The van der Waals surface area contributed by atoms with Crippen LogP contribution in [0, 0.1) is 0 Å². The number of amides is 1. The molecule has 2 heterocycles. The molecule has 1 aliphatic rings. The van der Waals surface area contributed by atoms with Gasteiger partial charge >= 0.3 is 0 Å². The molecular formula is C24H26N4O3. The standard InChI is InChI=1S/C24H26N4O3/c29-23-13-12-22(26-28(23)16-17-31-21-6-2-1-3-7-21)24(30)25-18-19-8-10-20(11-9-19)27-14-4-5-15-27/h1-3,6-13H,4-5,14-18H2,(H,25,30). The lowest BCUT2D eigenvalue weighted by molar-refractivity contribution is 0.0943. The van der Waals surface area contributed by atoms with E-state index in [1.807, 2.05) is 42.5 Å². The number of aromatic nitrogens is 2. The van der Waals surface area contributed by atoms with Crippen molar-refractivity contribution in [2.24, 2.45) is 0 Å². The quantitative estimate of drug-likeness (QED) is 0.609. The van der Waals surface area contributed by atoms with Crippen LogP contribution >= 0.6 is 0 Å². The van der Waals surface area contributed by atoms with Crippen LogP contribution in [0.2, 0.25) is 0 Å². The molecule has 7 heteroatoms. The summed E-state index contributed by atoms with van der Waals surface area (Å²) >= 11 is 0. The number of anilines is 1. The average molecular weight is 418 g/mol. The Morgan fingerprint density at radius 2 is 1.71 bits per heavy atom. The van der Waals surface area contributed by atoms with Crippen molar-refractivity contribution in [3.63, 3.8) is 0 Å². The predicted octanol–water partition coefficient (Wildman–Crippen LogP) is 2.85. The van der Waals surface area contributed by atoms with Crippen LogP contribution in [0.4, 0.5) is 5.69 Å². The molecule has 31 heavy (non-hydrogen) atoms. The molecule has 160 valence electrons. The molecule has 1 N–H and O–H groups in total. The van der Waals surface area contributed by atoms with E-state index in [1.165, 1.54) is 35.3 Å². The smallest absolute Gasteiger partial charge is 0.271 e. The minimum atomic E-state index is -0.318. The summed E-state index contributed by atoms with van der Waals surface area (Å²) in [6, 6.07) is 20.4. The van der Waals surface area contributed by atoms with E-state index in [0.717, 1.165) is 24.4 Å². The summed E-state index contributed by atoms with van der Waals surface area (Å²) in [7, 11) is 0. The third kappa shape index (κ3) is 5.51. The zero-order chi connectivity index (χ0) is 21.5. The first-order chi connectivity index (χ1) is 15.2. The second-order valence-corrected chi connectivity index (χ2v) is 7.48. The van der Waals surface area contributed by atoms with Crippen LogP contribution in [0.3, 0.4) is 0 Å². The Morgan fingerprint density at radius 3 is 2.45 bits per heavy atom. The Hall–Kier alpha value is -3.61. The molecule has 1 aliphatic heterocycles. The SMILES string of the molecule is O=C(NCc1ccc(N2CCCC2)cc1)c1ccc(=O)n(CCOc2ccccc2)n1. The van der Waals surface area contributed by atoms with E-state index in [9.17, 15) is 9.59 Å². The topological polar surface area (TPSA) is 76.5 Å².